The minimum Gasteiger partial charge on any atom is -0.497 e. The van der Waals surface area contributed by atoms with Crippen LogP contribution >= 0.6 is 23.4 Å². The fourth-order valence-corrected chi connectivity index (χ4v) is 4.75. The number of likely N-dealkylation sites (tertiary alicyclic amines) is 1. The normalized spacial score (nSPS) is 20.7. The fraction of sp³-hybridized carbons (Fsp3) is 0.348. The zero-order chi connectivity index (χ0) is 22.5. The van der Waals surface area contributed by atoms with Gasteiger partial charge in [-0.15, -0.1) is 0 Å². The van der Waals surface area contributed by atoms with Gasteiger partial charge in [0.2, 0.25) is 11.8 Å². The van der Waals surface area contributed by atoms with Gasteiger partial charge in [0.25, 0.3) is 0 Å². The van der Waals surface area contributed by atoms with Gasteiger partial charge in [0, 0.05) is 36.4 Å². The van der Waals surface area contributed by atoms with Crippen molar-refractivity contribution in [3.05, 3.63) is 59.1 Å². The van der Waals surface area contributed by atoms with Crippen molar-refractivity contribution < 1.29 is 14.3 Å². The van der Waals surface area contributed by atoms with Gasteiger partial charge in [-0.1, -0.05) is 41.6 Å². The minimum atomic E-state index is -0.175. The highest BCUT2D eigenvalue weighted by atomic mass is 35.5. The number of carbonyl (C=O) groups excluding carboxylic acids is 2. The van der Waals surface area contributed by atoms with Crippen molar-refractivity contribution >= 4 is 46.0 Å². The lowest BCUT2D eigenvalue weighted by Crippen LogP contribution is -2.53. The number of hydrogen-bond donors (Lipinski definition) is 2. The fourth-order valence-electron chi connectivity index (χ4n) is 3.90. The zero-order valence-electron chi connectivity index (χ0n) is 17.7. The third kappa shape index (κ3) is 5.82. The van der Waals surface area contributed by atoms with E-state index in [0.717, 1.165) is 24.5 Å². The summed E-state index contributed by atoms with van der Waals surface area (Å²) in [5.41, 5.74) is 1.84. The number of thioether (sulfide) groups is 1. The van der Waals surface area contributed by atoms with Gasteiger partial charge in [-0.2, -0.15) is 0 Å². The number of nitrogens with zero attached hydrogens (tertiary/aromatic N) is 2. The Morgan fingerprint density at radius 2 is 2.12 bits per heavy atom. The van der Waals surface area contributed by atoms with Crippen molar-refractivity contribution in [1.29, 1.82) is 0 Å². The smallest absolute Gasteiger partial charge is 0.234 e. The van der Waals surface area contributed by atoms with Gasteiger partial charge in [-0.25, -0.2) is 0 Å². The van der Waals surface area contributed by atoms with Gasteiger partial charge in [-0.3, -0.25) is 19.5 Å². The lowest BCUT2D eigenvalue weighted by Gasteiger charge is -2.38. The molecule has 0 radical (unpaired) electrons. The van der Waals surface area contributed by atoms with Crippen LogP contribution in [0.4, 0.5) is 5.69 Å². The number of amides is 2. The van der Waals surface area contributed by atoms with Crippen molar-refractivity contribution in [1.82, 2.24) is 10.2 Å². The van der Waals surface area contributed by atoms with E-state index < -0.39 is 0 Å². The van der Waals surface area contributed by atoms with E-state index >= 15 is 0 Å². The van der Waals surface area contributed by atoms with Crippen LogP contribution in [0.3, 0.4) is 0 Å². The molecule has 2 heterocycles. The Labute approximate surface area is 196 Å². The molecule has 9 heteroatoms. The van der Waals surface area contributed by atoms with Crippen LogP contribution in [0.25, 0.3) is 0 Å². The highest BCUT2D eigenvalue weighted by Gasteiger charge is 2.37. The summed E-state index contributed by atoms with van der Waals surface area (Å²) >= 11 is 7.21. The second-order valence-corrected chi connectivity index (χ2v) is 9.22. The second kappa shape index (κ2) is 10.4. The first kappa shape index (κ1) is 22.6. The van der Waals surface area contributed by atoms with Crippen LogP contribution in [0.5, 0.6) is 5.75 Å². The van der Waals surface area contributed by atoms with Crippen LogP contribution in [0, 0.1) is 5.92 Å². The minimum absolute atomic E-state index is 0.0264. The summed E-state index contributed by atoms with van der Waals surface area (Å²) in [6.45, 7) is 2.31. The number of amidine groups is 1. The molecule has 0 aromatic heterocycles. The largest absolute Gasteiger partial charge is 0.497 e. The first-order valence-electron chi connectivity index (χ1n) is 10.4. The third-order valence-corrected chi connectivity index (χ3v) is 6.66. The Balaban J connectivity index is 1.29. The Kier molecular flexibility index (Phi) is 7.34. The van der Waals surface area contributed by atoms with Crippen molar-refractivity contribution in [2.24, 2.45) is 10.9 Å². The van der Waals surface area contributed by atoms with E-state index in [-0.39, 0.29) is 29.5 Å². The monoisotopic (exact) mass is 472 g/mol. The Morgan fingerprint density at radius 1 is 1.31 bits per heavy atom. The lowest BCUT2D eigenvalue weighted by atomic mass is 9.90. The van der Waals surface area contributed by atoms with E-state index in [9.17, 15) is 9.59 Å². The Morgan fingerprint density at radius 3 is 2.91 bits per heavy atom. The molecule has 0 spiro atoms. The van der Waals surface area contributed by atoms with Crippen LogP contribution in [0.2, 0.25) is 5.02 Å². The van der Waals surface area contributed by atoms with Crippen LogP contribution in [-0.4, -0.2) is 53.9 Å². The quantitative estimate of drug-likeness (QED) is 0.673. The summed E-state index contributed by atoms with van der Waals surface area (Å²) in [6, 6.07) is 14.9. The number of hydrogen-bond acceptors (Lipinski definition) is 6. The van der Waals surface area contributed by atoms with E-state index in [2.05, 4.69) is 15.5 Å². The summed E-state index contributed by atoms with van der Waals surface area (Å²) < 4.78 is 5.17. The van der Waals surface area contributed by atoms with E-state index in [0.29, 0.717) is 23.1 Å². The first-order chi connectivity index (χ1) is 15.5. The molecular weight excluding hydrogens is 448 g/mol. The van der Waals surface area contributed by atoms with Crippen LogP contribution in [0.15, 0.2) is 53.5 Å². The molecule has 0 saturated carbocycles. The van der Waals surface area contributed by atoms with Crippen molar-refractivity contribution in [2.75, 3.05) is 31.3 Å². The Hall–Kier alpha value is -2.55. The summed E-state index contributed by atoms with van der Waals surface area (Å²) in [5.74, 6) is 0.469. The Bertz CT molecular complexity index is 1010. The van der Waals surface area contributed by atoms with Crippen LogP contribution < -0.4 is 15.4 Å². The summed E-state index contributed by atoms with van der Waals surface area (Å²) in [7, 11) is 1.58. The molecule has 4 rings (SSSR count). The average Bonchev–Trinajstić information content (AvgIpc) is 2.80. The molecule has 1 saturated heterocycles. The molecule has 2 aliphatic rings. The predicted octanol–water partition coefficient (Wildman–Crippen LogP) is 3.40. The predicted molar refractivity (Wildman–Crippen MR) is 128 cm³/mol. The molecule has 7 nitrogen and oxygen atoms in total. The van der Waals surface area contributed by atoms with Crippen LogP contribution in [-0.2, 0) is 16.1 Å². The molecule has 2 atom stereocenters. The molecule has 2 amide bonds. The number of fused-ring (bicyclic) bond motifs is 1. The number of piperidine rings is 1. The number of ether oxygens (including phenoxy) is 1. The highest BCUT2D eigenvalue weighted by molar-refractivity contribution is 8.14. The number of rotatable bonds is 6. The third-order valence-electron chi connectivity index (χ3n) is 5.52. The summed E-state index contributed by atoms with van der Waals surface area (Å²) in [6.07, 6.45) is 0.811. The second-order valence-electron chi connectivity index (χ2n) is 7.82. The van der Waals surface area contributed by atoms with Crippen molar-refractivity contribution in [3.63, 3.8) is 0 Å². The maximum Gasteiger partial charge on any atom is 0.234 e. The maximum absolute atomic E-state index is 12.7. The number of aliphatic imine (C=N–C) groups is 1. The topological polar surface area (TPSA) is 83.0 Å². The summed E-state index contributed by atoms with van der Waals surface area (Å²) in [5, 5.41) is 6.94. The molecule has 0 aliphatic carbocycles. The van der Waals surface area contributed by atoms with E-state index in [1.165, 1.54) is 17.3 Å². The van der Waals surface area contributed by atoms with Gasteiger partial charge in [0.05, 0.1) is 24.8 Å². The van der Waals surface area contributed by atoms with E-state index in [1.807, 2.05) is 36.4 Å². The average molecular weight is 473 g/mol. The molecule has 168 valence electrons. The molecule has 2 N–H and O–H groups in total. The van der Waals surface area contributed by atoms with Gasteiger partial charge < -0.3 is 15.4 Å². The number of halogens is 1. The van der Waals surface area contributed by atoms with Gasteiger partial charge >= 0.3 is 0 Å². The SMILES string of the molecule is COc1cccc(NC(=O)CSC2=NC3CCN(Cc4ccc(Cl)cc4)CC3C(=O)N2)c1. The zero-order valence-corrected chi connectivity index (χ0v) is 19.3. The molecule has 32 heavy (non-hydrogen) atoms. The van der Waals surface area contributed by atoms with Crippen molar-refractivity contribution in [3.8, 4) is 5.75 Å². The summed E-state index contributed by atoms with van der Waals surface area (Å²) in [4.78, 5) is 32.0. The van der Waals surface area contributed by atoms with E-state index in [1.54, 1.807) is 19.2 Å². The van der Waals surface area contributed by atoms with E-state index in [4.69, 9.17) is 21.3 Å². The van der Waals surface area contributed by atoms with Crippen molar-refractivity contribution in [2.45, 2.75) is 19.0 Å². The molecule has 0 bridgehead atoms. The molecule has 2 aromatic rings. The standard InChI is InChI=1S/C23H25ClN4O3S/c1-31-18-4-2-3-17(11-18)25-21(29)14-32-23-26-20-9-10-28(13-19(20)22(30)27-23)12-15-5-7-16(24)8-6-15/h2-8,11,19-20H,9-10,12-14H2,1H3,(H,25,29)(H,26,27,30). The number of nitrogens with one attached hydrogen (secondary N) is 2. The number of benzene rings is 2. The number of anilines is 1. The molecule has 2 aliphatic heterocycles. The molecule has 1 fully saturated rings. The first-order valence-corrected chi connectivity index (χ1v) is 11.8. The van der Waals surface area contributed by atoms with Gasteiger partial charge in [0.15, 0.2) is 5.17 Å². The molecule has 2 aromatic carbocycles. The van der Waals surface area contributed by atoms with Gasteiger partial charge in [-0.05, 0) is 36.2 Å². The lowest BCUT2D eigenvalue weighted by molar-refractivity contribution is -0.126. The maximum atomic E-state index is 12.7. The number of methoxy groups -OCH3 is 1. The molecule has 2 unspecified atom stereocenters. The van der Waals surface area contributed by atoms with Crippen LogP contribution in [0.1, 0.15) is 12.0 Å². The number of carbonyl (C=O) groups is 2. The molecular formula is C23H25ClN4O3S. The van der Waals surface area contributed by atoms with Gasteiger partial charge in [0.1, 0.15) is 5.75 Å². The highest BCUT2D eigenvalue weighted by Crippen LogP contribution is 2.26.